The van der Waals surface area contributed by atoms with E-state index in [9.17, 15) is 0 Å². The Morgan fingerprint density at radius 3 is 1.72 bits per heavy atom. The summed E-state index contributed by atoms with van der Waals surface area (Å²) in [7, 11) is 2.16. The van der Waals surface area contributed by atoms with Gasteiger partial charge in [0.05, 0.1) is 0 Å². The Balaban J connectivity index is 0.00000518. The first-order valence-corrected chi connectivity index (χ1v) is 22.5. The molecule has 0 amide bonds. The van der Waals surface area contributed by atoms with Crippen LogP contribution in [0.4, 0.5) is 28.4 Å². The second kappa shape index (κ2) is 14.9. The van der Waals surface area contributed by atoms with Gasteiger partial charge in [0, 0.05) is 34.0 Å². The van der Waals surface area contributed by atoms with E-state index in [1.54, 1.807) is 0 Å². The van der Waals surface area contributed by atoms with Crippen molar-refractivity contribution in [3.8, 4) is 22.6 Å². The van der Waals surface area contributed by atoms with Gasteiger partial charge in [0.1, 0.15) is 0 Å². The van der Waals surface area contributed by atoms with Crippen LogP contribution in [-0.2, 0) is 48.1 Å². The number of fused-ring (bicyclic) bond motifs is 9. The standard InChI is InChI=1S/C58H60N4O.Pt/c1-54(2,3)37-29-43-44-30-38(55(4,5)6)32-48(57(10,11)12)52(44)58(51(43)47(31-37)56(7,8)9)45-26-25-42(34-50(45)62-35-59(13)49-24-18-23-46(58)53(49)62)63-41-22-17-21-40(33-41)61-28-27-60(36-61)39-19-15-14-16-20-39;/h14-32,35-36H,1-13H3;/q-4;+4. The van der Waals surface area contributed by atoms with E-state index in [0.717, 1.165) is 17.1 Å². The first kappa shape index (κ1) is 44.0. The number of nitrogens with zero attached hydrogens (tertiary/aromatic N) is 4. The molecule has 3 heterocycles. The summed E-state index contributed by atoms with van der Waals surface area (Å²) in [4.78, 5) is 8.79. The third-order valence-electron chi connectivity index (χ3n) is 13.5. The van der Waals surface area contributed by atoms with E-state index in [1.165, 1.54) is 67.0 Å². The topological polar surface area (TPSA) is 22.2 Å². The number of hydrogen-bond donors (Lipinski definition) is 0. The smallest absolute Gasteiger partial charge is 0.509 e. The number of rotatable bonds is 4. The van der Waals surface area contributed by atoms with Crippen LogP contribution in [0.15, 0.2) is 116 Å². The van der Waals surface area contributed by atoms with Gasteiger partial charge < -0.3 is 24.3 Å². The van der Waals surface area contributed by atoms with Crippen LogP contribution in [0.5, 0.6) is 11.5 Å². The van der Waals surface area contributed by atoms with E-state index in [-0.39, 0.29) is 42.7 Å². The van der Waals surface area contributed by atoms with Crippen molar-refractivity contribution in [1.82, 2.24) is 0 Å². The fourth-order valence-electron chi connectivity index (χ4n) is 10.2. The normalized spacial score (nSPS) is 15.9. The molecule has 5 nitrogen and oxygen atoms in total. The summed E-state index contributed by atoms with van der Waals surface area (Å²) >= 11 is 0. The summed E-state index contributed by atoms with van der Waals surface area (Å²) in [6.07, 6.45) is 4.11. The van der Waals surface area contributed by atoms with Crippen LogP contribution in [0.25, 0.3) is 11.1 Å². The first-order valence-electron chi connectivity index (χ1n) is 22.5. The molecule has 1 spiro atoms. The SMILES string of the molecule is CN1[CH-]N2c3[c-]c(Oc4[c-]c(N5C=CN(c6ccccc6)[CH-]5)ccc4)ccc3C3(c4cccc1c42)c1c(cc(C(C)(C)C)cc1C(C)(C)C)-c1cc(C(C)(C)C)cc(C(C)(C)C)c13.[Pt+4]. The zero-order valence-corrected chi connectivity index (χ0v) is 41.9. The van der Waals surface area contributed by atoms with Crippen LogP contribution in [0.1, 0.15) is 128 Å². The molecule has 0 radical (unpaired) electrons. The van der Waals surface area contributed by atoms with Crippen LogP contribution in [0, 0.1) is 25.5 Å². The molecule has 328 valence electrons. The molecule has 0 bridgehead atoms. The van der Waals surface area contributed by atoms with Gasteiger partial charge in [0.25, 0.3) is 0 Å². The Morgan fingerprint density at radius 2 is 1.12 bits per heavy atom. The minimum atomic E-state index is -0.650. The van der Waals surface area contributed by atoms with E-state index in [4.69, 9.17) is 4.74 Å². The summed E-state index contributed by atoms with van der Waals surface area (Å²) in [5.41, 5.74) is 17.8. The van der Waals surface area contributed by atoms with Crippen LogP contribution in [-0.4, -0.2) is 7.05 Å². The van der Waals surface area contributed by atoms with Crippen LogP contribution in [0.3, 0.4) is 0 Å². The van der Waals surface area contributed by atoms with Gasteiger partial charge in [-0.05, 0) is 109 Å². The predicted octanol–water partition coefficient (Wildman–Crippen LogP) is 14.6. The molecule has 6 aromatic rings. The van der Waals surface area contributed by atoms with Crippen molar-refractivity contribution in [2.24, 2.45) is 0 Å². The van der Waals surface area contributed by atoms with Gasteiger partial charge in [0.2, 0.25) is 0 Å². The van der Waals surface area contributed by atoms with Crippen molar-refractivity contribution >= 4 is 28.4 Å². The van der Waals surface area contributed by atoms with Crippen LogP contribution >= 0.6 is 0 Å². The average Bonchev–Trinajstić information content (AvgIpc) is 3.93. The Morgan fingerprint density at radius 1 is 0.547 bits per heavy atom. The summed E-state index contributed by atoms with van der Waals surface area (Å²) in [5.74, 6) is 1.27. The van der Waals surface area contributed by atoms with Crippen molar-refractivity contribution in [3.63, 3.8) is 0 Å². The molecule has 0 atom stereocenters. The van der Waals surface area contributed by atoms with Gasteiger partial charge in [0.15, 0.2) is 0 Å². The zero-order chi connectivity index (χ0) is 44.6. The molecule has 0 unspecified atom stereocenters. The minimum Gasteiger partial charge on any atom is -0.509 e. The maximum Gasteiger partial charge on any atom is 4.00 e. The Bertz CT molecular complexity index is 2770. The molecule has 0 N–H and O–H groups in total. The summed E-state index contributed by atoms with van der Waals surface area (Å²) in [6.45, 7) is 32.8. The minimum absolute atomic E-state index is 0. The Kier molecular flexibility index (Phi) is 10.2. The van der Waals surface area contributed by atoms with Gasteiger partial charge >= 0.3 is 21.1 Å². The Labute approximate surface area is 397 Å². The largest absolute Gasteiger partial charge is 4.00 e. The number of para-hydroxylation sites is 2. The molecule has 10 rings (SSSR count). The van der Waals surface area contributed by atoms with E-state index in [2.05, 4.69) is 226 Å². The van der Waals surface area contributed by atoms with Gasteiger partial charge in [-0.3, -0.25) is 0 Å². The van der Waals surface area contributed by atoms with Crippen LogP contribution in [0.2, 0.25) is 0 Å². The Hall–Kier alpha value is -5.25. The van der Waals surface area contributed by atoms with Crippen molar-refractivity contribution in [1.29, 1.82) is 0 Å². The van der Waals surface area contributed by atoms with Gasteiger partial charge in [-0.1, -0.05) is 143 Å². The summed E-state index contributed by atoms with van der Waals surface area (Å²) in [5, 5.41) is 0. The molecule has 6 heteroatoms. The molecule has 4 aliphatic rings. The maximum atomic E-state index is 6.79. The zero-order valence-electron chi connectivity index (χ0n) is 39.6. The number of anilines is 5. The molecule has 3 aliphatic heterocycles. The quantitative estimate of drug-likeness (QED) is 0.163. The van der Waals surface area contributed by atoms with Gasteiger partial charge in [-0.15, -0.1) is 48.3 Å². The fraction of sp³-hybridized carbons (Fsp3) is 0.310. The fourth-order valence-corrected chi connectivity index (χ4v) is 10.2. The molecule has 0 saturated carbocycles. The predicted molar refractivity (Wildman–Crippen MR) is 262 cm³/mol. The van der Waals surface area contributed by atoms with Gasteiger partial charge in [-0.2, -0.15) is 18.8 Å². The second-order valence-corrected chi connectivity index (χ2v) is 22.1. The molecule has 0 aromatic heterocycles. The molecule has 6 aromatic carbocycles. The first-order chi connectivity index (χ1) is 29.7. The number of hydrogen-bond acceptors (Lipinski definition) is 5. The molecule has 64 heavy (non-hydrogen) atoms. The van der Waals surface area contributed by atoms with Crippen molar-refractivity contribution in [2.45, 2.75) is 110 Å². The average molecular weight is 1020 g/mol. The molecule has 0 saturated heterocycles. The monoisotopic (exact) mass is 1020 g/mol. The number of benzene rings is 6. The van der Waals surface area contributed by atoms with Crippen molar-refractivity contribution in [2.75, 3.05) is 26.6 Å². The maximum absolute atomic E-state index is 6.79. The second-order valence-electron chi connectivity index (χ2n) is 22.1. The summed E-state index contributed by atoms with van der Waals surface area (Å²) < 4.78 is 6.79. The number of ether oxygens (including phenoxy) is 1. The van der Waals surface area contributed by atoms with Gasteiger partial charge in [-0.25, -0.2) is 0 Å². The molecular weight excluding hydrogens is 964 g/mol. The molecule has 1 aliphatic carbocycles. The van der Waals surface area contributed by atoms with Crippen molar-refractivity contribution < 1.29 is 25.8 Å². The van der Waals surface area contributed by atoms with E-state index in [1.807, 2.05) is 24.4 Å². The summed E-state index contributed by atoms with van der Waals surface area (Å²) in [6, 6.07) is 45.4. The van der Waals surface area contributed by atoms with Crippen LogP contribution < -0.4 is 24.3 Å². The van der Waals surface area contributed by atoms with E-state index in [0.29, 0.717) is 11.5 Å². The molecule has 0 fully saturated rings. The molecular formula is C58H60N4OPt. The van der Waals surface area contributed by atoms with Crippen molar-refractivity contribution in [3.05, 3.63) is 186 Å². The third kappa shape index (κ3) is 6.83. The third-order valence-corrected chi connectivity index (χ3v) is 13.5. The van der Waals surface area contributed by atoms with E-state index < -0.39 is 5.41 Å². The van der Waals surface area contributed by atoms with E-state index >= 15 is 0 Å².